The fourth-order valence-electron chi connectivity index (χ4n) is 2.97. The van der Waals surface area contributed by atoms with E-state index in [-0.39, 0.29) is 11.9 Å². The van der Waals surface area contributed by atoms with Crippen molar-refractivity contribution < 1.29 is 4.79 Å². The molecule has 0 unspecified atom stereocenters. The van der Waals surface area contributed by atoms with Gasteiger partial charge in [-0.25, -0.2) is 9.97 Å². The highest BCUT2D eigenvalue weighted by atomic mass is 35.5. The molecule has 1 aromatic carbocycles. The highest BCUT2D eigenvalue weighted by Crippen LogP contribution is 2.27. The molecule has 0 aliphatic rings. The van der Waals surface area contributed by atoms with E-state index in [1.54, 1.807) is 19.3 Å². The Hall–Kier alpha value is -2.19. The van der Waals surface area contributed by atoms with Gasteiger partial charge in [-0.2, -0.15) is 0 Å². The molecule has 0 fully saturated rings. The summed E-state index contributed by atoms with van der Waals surface area (Å²) in [5, 5.41) is 10.4. The molecule has 158 valence electrons. The minimum Gasteiger partial charge on any atom is -0.357 e. The SMILES string of the molecule is CNCC[C@@H](Cc1ccc(Cl)cc1Cl)NC(=O)c1ccc(-c2ccnc(NC)n2)s1. The maximum absolute atomic E-state index is 12.9. The molecule has 2 aromatic heterocycles. The number of rotatable bonds is 9. The maximum atomic E-state index is 12.9. The van der Waals surface area contributed by atoms with Gasteiger partial charge in [0.05, 0.1) is 15.4 Å². The fraction of sp³-hybridized carbons (Fsp3) is 0.286. The number of amides is 1. The van der Waals surface area contributed by atoms with E-state index in [1.807, 2.05) is 37.4 Å². The van der Waals surface area contributed by atoms with Crippen molar-refractivity contribution in [3.8, 4) is 10.6 Å². The third-order valence-corrected chi connectivity index (χ3v) is 6.21. The predicted octanol–water partition coefficient (Wildman–Crippen LogP) is 4.50. The molecule has 9 heteroatoms. The smallest absolute Gasteiger partial charge is 0.261 e. The lowest BCUT2D eigenvalue weighted by molar-refractivity contribution is 0.0939. The second-order valence-electron chi connectivity index (χ2n) is 6.68. The summed E-state index contributed by atoms with van der Waals surface area (Å²) in [5.74, 6) is 0.430. The average Bonchev–Trinajstić information content (AvgIpc) is 3.24. The molecule has 0 radical (unpaired) electrons. The van der Waals surface area contributed by atoms with Crippen molar-refractivity contribution in [1.82, 2.24) is 20.6 Å². The van der Waals surface area contributed by atoms with Crippen molar-refractivity contribution in [3.63, 3.8) is 0 Å². The van der Waals surface area contributed by atoms with Crippen LogP contribution >= 0.6 is 34.5 Å². The summed E-state index contributed by atoms with van der Waals surface area (Å²) >= 11 is 13.7. The minimum atomic E-state index is -0.111. The molecule has 0 bridgehead atoms. The summed E-state index contributed by atoms with van der Waals surface area (Å²) < 4.78 is 0. The van der Waals surface area contributed by atoms with E-state index >= 15 is 0 Å². The van der Waals surface area contributed by atoms with Gasteiger partial charge in [0.1, 0.15) is 0 Å². The summed E-state index contributed by atoms with van der Waals surface area (Å²) in [5.41, 5.74) is 1.73. The Bertz CT molecular complexity index is 1010. The van der Waals surface area contributed by atoms with E-state index in [1.165, 1.54) is 11.3 Å². The minimum absolute atomic E-state index is 0.0656. The second kappa shape index (κ2) is 10.7. The number of thiophene rings is 1. The first-order valence-electron chi connectivity index (χ1n) is 9.50. The molecule has 3 aromatic rings. The highest BCUT2D eigenvalue weighted by Gasteiger charge is 2.18. The fourth-order valence-corrected chi connectivity index (χ4v) is 4.33. The van der Waals surface area contributed by atoms with Gasteiger partial charge in [0.25, 0.3) is 5.91 Å². The Labute approximate surface area is 190 Å². The van der Waals surface area contributed by atoms with Crippen LogP contribution in [-0.4, -0.2) is 42.6 Å². The first kappa shape index (κ1) is 22.5. The third kappa shape index (κ3) is 5.92. The monoisotopic (exact) mass is 463 g/mol. The van der Waals surface area contributed by atoms with Crippen molar-refractivity contribution in [1.29, 1.82) is 0 Å². The summed E-state index contributed by atoms with van der Waals surface area (Å²) in [6.07, 6.45) is 3.09. The van der Waals surface area contributed by atoms with Crippen LogP contribution < -0.4 is 16.0 Å². The van der Waals surface area contributed by atoms with Gasteiger partial charge in [-0.15, -0.1) is 11.3 Å². The molecule has 0 aliphatic heterocycles. The Morgan fingerprint density at radius 3 is 2.73 bits per heavy atom. The molecule has 2 heterocycles. The number of hydrogen-bond donors (Lipinski definition) is 3. The first-order chi connectivity index (χ1) is 14.5. The van der Waals surface area contributed by atoms with Crippen LogP contribution in [0.25, 0.3) is 10.6 Å². The number of aromatic nitrogens is 2. The van der Waals surface area contributed by atoms with Crippen molar-refractivity contribution >= 4 is 46.4 Å². The summed E-state index contributed by atoms with van der Waals surface area (Å²) in [4.78, 5) is 23.0. The van der Waals surface area contributed by atoms with Gasteiger partial charge in [-0.1, -0.05) is 29.3 Å². The summed E-state index contributed by atoms with van der Waals surface area (Å²) in [6.45, 7) is 0.777. The van der Waals surface area contributed by atoms with Crippen LogP contribution in [0.3, 0.4) is 0 Å². The van der Waals surface area contributed by atoms with E-state index in [2.05, 4.69) is 25.9 Å². The van der Waals surface area contributed by atoms with Crippen LogP contribution in [0.4, 0.5) is 5.95 Å². The van der Waals surface area contributed by atoms with Gasteiger partial charge in [-0.05, 0) is 62.3 Å². The number of halogens is 2. The molecule has 1 amide bonds. The zero-order chi connectivity index (χ0) is 21.5. The quantitative estimate of drug-likeness (QED) is 0.435. The standard InChI is InChI=1S/C21H23Cl2N5OS/c1-24-9-7-15(11-13-3-4-14(22)12-16(13)23)27-20(29)19-6-5-18(30-19)17-8-10-26-21(25-2)28-17/h3-6,8,10,12,15,24H,7,9,11H2,1-2H3,(H,27,29)(H,25,26,28)/t15-/m0/s1. The van der Waals surface area contributed by atoms with Gasteiger partial charge in [0.15, 0.2) is 0 Å². The predicted molar refractivity (Wildman–Crippen MR) is 125 cm³/mol. The third-order valence-electron chi connectivity index (χ3n) is 4.52. The van der Waals surface area contributed by atoms with E-state index < -0.39 is 0 Å². The van der Waals surface area contributed by atoms with E-state index in [4.69, 9.17) is 23.2 Å². The van der Waals surface area contributed by atoms with Crippen LogP contribution in [0.1, 0.15) is 21.7 Å². The van der Waals surface area contributed by atoms with Crippen LogP contribution in [0, 0.1) is 0 Å². The molecule has 0 saturated carbocycles. The Morgan fingerprint density at radius 1 is 1.17 bits per heavy atom. The zero-order valence-corrected chi connectivity index (χ0v) is 19.0. The second-order valence-corrected chi connectivity index (χ2v) is 8.61. The van der Waals surface area contributed by atoms with Crippen LogP contribution in [0.2, 0.25) is 10.0 Å². The largest absolute Gasteiger partial charge is 0.357 e. The van der Waals surface area contributed by atoms with Gasteiger partial charge < -0.3 is 16.0 Å². The first-order valence-corrected chi connectivity index (χ1v) is 11.1. The topological polar surface area (TPSA) is 78.9 Å². The molecule has 6 nitrogen and oxygen atoms in total. The van der Waals surface area contributed by atoms with Crippen molar-refractivity contribution in [3.05, 3.63) is 63.1 Å². The van der Waals surface area contributed by atoms with Crippen LogP contribution in [0.5, 0.6) is 0 Å². The highest BCUT2D eigenvalue weighted by molar-refractivity contribution is 7.17. The zero-order valence-electron chi connectivity index (χ0n) is 16.7. The summed E-state index contributed by atoms with van der Waals surface area (Å²) in [6, 6.07) is 10.9. The number of hydrogen-bond acceptors (Lipinski definition) is 6. The lowest BCUT2D eigenvalue weighted by Gasteiger charge is -2.19. The van der Waals surface area contributed by atoms with E-state index in [9.17, 15) is 4.79 Å². The molecule has 1 atom stereocenters. The molecule has 0 aliphatic carbocycles. The van der Waals surface area contributed by atoms with Crippen molar-refractivity contribution in [2.45, 2.75) is 18.9 Å². The number of carbonyl (C=O) groups excluding carboxylic acids is 1. The van der Waals surface area contributed by atoms with Crippen molar-refractivity contribution in [2.24, 2.45) is 0 Å². The molecular weight excluding hydrogens is 441 g/mol. The molecule has 0 spiro atoms. The molecule has 0 saturated heterocycles. The van der Waals surface area contributed by atoms with E-state index in [0.29, 0.717) is 27.3 Å². The summed E-state index contributed by atoms with van der Waals surface area (Å²) in [7, 11) is 3.66. The molecule has 30 heavy (non-hydrogen) atoms. The number of nitrogens with one attached hydrogen (secondary N) is 3. The number of benzene rings is 1. The Kier molecular flexibility index (Phi) is 8.04. The molecule has 3 rings (SSSR count). The van der Waals surface area contributed by atoms with Crippen LogP contribution in [-0.2, 0) is 6.42 Å². The lowest BCUT2D eigenvalue weighted by Crippen LogP contribution is -2.38. The van der Waals surface area contributed by atoms with Gasteiger partial charge >= 0.3 is 0 Å². The number of nitrogens with zero attached hydrogens (tertiary/aromatic N) is 2. The maximum Gasteiger partial charge on any atom is 0.261 e. The van der Waals surface area contributed by atoms with Crippen molar-refractivity contribution in [2.75, 3.05) is 26.0 Å². The molecular formula is C21H23Cl2N5OS. The van der Waals surface area contributed by atoms with Gasteiger partial charge in [0.2, 0.25) is 5.95 Å². The van der Waals surface area contributed by atoms with Gasteiger partial charge in [0, 0.05) is 29.3 Å². The van der Waals surface area contributed by atoms with Gasteiger partial charge in [-0.3, -0.25) is 4.79 Å². The normalized spacial score (nSPS) is 11.9. The van der Waals surface area contributed by atoms with E-state index in [0.717, 1.165) is 29.1 Å². The number of carbonyl (C=O) groups is 1. The van der Waals surface area contributed by atoms with Crippen LogP contribution in [0.15, 0.2) is 42.6 Å². The number of anilines is 1. The average molecular weight is 464 g/mol. The lowest BCUT2D eigenvalue weighted by atomic mass is 10.0. The molecule has 3 N–H and O–H groups in total. The Morgan fingerprint density at radius 2 is 2.00 bits per heavy atom. The Balaban J connectivity index is 1.73.